The van der Waals surface area contributed by atoms with Gasteiger partial charge in [-0.2, -0.15) is 0 Å². The summed E-state index contributed by atoms with van der Waals surface area (Å²) in [6.07, 6.45) is 0. The summed E-state index contributed by atoms with van der Waals surface area (Å²) in [6, 6.07) is 3.62. The standard InChI is InChI=1S/C13H19NO3S/c1-8(2)10(4)14-12(15)7-17-13(16)11-6-5-9(3)18-11/h5-6,8,10H,7H2,1-4H3,(H,14,15)/t10-/m1/s1. The zero-order valence-electron chi connectivity index (χ0n) is 11.1. The maximum atomic E-state index is 11.6. The van der Waals surface area contributed by atoms with Crippen LogP contribution in [-0.2, 0) is 9.53 Å². The van der Waals surface area contributed by atoms with E-state index in [0.29, 0.717) is 10.8 Å². The van der Waals surface area contributed by atoms with Gasteiger partial charge in [0.05, 0.1) is 0 Å². The van der Waals surface area contributed by atoms with Gasteiger partial charge in [0.2, 0.25) is 0 Å². The molecule has 1 atom stereocenters. The van der Waals surface area contributed by atoms with Gasteiger partial charge in [0.25, 0.3) is 5.91 Å². The van der Waals surface area contributed by atoms with Crippen molar-refractivity contribution < 1.29 is 14.3 Å². The molecule has 1 N–H and O–H groups in total. The van der Waals surface area contributed by atoms with Crippen LogP contribution in [0.5, 0.6) is 0 Å². The Morgan fingerprint density at radius 1 is 1.33 bits per heavy atom. The summed E-state index contributed by atoms with van der Waals surface area (Å²) in [7, 11) is 0. The summed E-state index contributed by atoms with van der Waals surface area (Å²) < 4.78 is 4.94. The molecule has 0 unspecified atom stereocenters. The van der Waals surface area contributed by atoms with E-state index in [2.05, 4.69) is 5.32 Å². The third-order valence-electron chi connectivity index (χ3n) is 2.66. The van der Waals surface area contributed by atoms with Crippen LogP contribution in [0.15, 0.2) is 12.1 Å². The lowest BCUT2D eigenvalue weighted by atomic mass is 10.1. The Kier molecular flexibility index (Phi) is 5.34. The molecule has 18 heavy (non-hydrogen) atoms. The Bertz CT molecular complexity index is 426. The van der Waals surface area contributed by atoms with Crippen molar-refractivity contribution in [2.75, 3.05) is 6.61 Å². The van der Waals surface area contributed by atoms with Gasteiger partial charge in [0.1, 0.15) is 4.88 Å². The predicted octanol–water partition coefficient (Wildman–Crippen LogP) is 2.37. The number of aryl methyl sites for hydroxylation is 1. The number of ether oxygens (including phenoxy) is 1. The molecule has 0 aliphatic rings. The van der Waals surface area contributed by atoms with Crippen LogP contribution in [-0.4, -0.2) is 24.5 Å². The smallest absolute Gasteiger partial charge is 0.348 e. The predicted molar refractivity (Wildman–Crippen MR) is 71.8 cm³/mol. The molecule has 5 heteroatoms. The number of carbonyl (C=O) groups excluding carboxylic acids is 2. The van der Waals surface area contributed by atoms with Crippen molar-refractivity contribution in [1.82, 2.24) is 5.32 Å². The normalized spacial score (nSPS) is 12.3. The molecule has 0 aliphatic heterocycles. The molecule has 1 heterocycles. The monoisotopic (exact) mass is 269 g/mol. The highest BCUT2D eigenvalue weighted by Crippen LogP contribution is 2.15. The van der Waals surface area contributed by atoms with Gasteiger partial charge in [-0.05, 0) is 31.9 Å². The molecule has 0 spiro atoms. The second-order valence-electron chi connectivity index (χ2n) is 4.59. The molecule has 0 radical (unpaired) electrons. The van der Waals surface area contributed by atoms with Crippen molar-refractivity contribution in [2.24, 2.45) is 5.92 Å². The molecular weight excluding hydrogens is 250 g/mol. The van der Waals surface area contributed by atoms with E-state index in [-0.39, 0.29) is 18.6 Å². The Morgan fingerprint density at radius 3 is 2.50 bits per heavy atom. The molecular formula is C13H19NO3S. The Labute approximate surface area is 111 Å². The van der Waals surface area contributed by atoms with E-state index in [1.54, 1.807) is 6.07 Å². The number of nitrogens with one attached hydrogen (secondary N) is 1. The summed E-state index contributed by atoms with van der Waals surface area (Å²) in [5.74, 6) is -0.358. The van der Waals surface area contributed by atoms with Crippen LogP contribution < -0.4 is 5.32 Å². The number of amides is 1. The summed E-state index contributed by atoms with van der Waals surface area (Å²) in [5, 5.41) is 2.78. The number of esters is 1. The van der Waals surface area contributed by atoms with Crippen LogP contribution in [0.25, 0.3) is 0 Å². The molecule has 4 nitrogen and oxygen atoms in total. The van der Waals surface area contributed by atoms with Crippen molar-refractivity contribution in [3.05, 3.63) is 21.9 Å². The third-order valence-corrected chi connectivity index (χ3v) is 3.65. The molecule has 0 bridgehead atoms. The molecule has 0 fully saturated rings. The molecule has 1 aromatic rings. The number of carbonyl (C=O) groups is 2. The van der Waals surface area contributed by atoms with Gasteiger partial charge >= 0.3 is 5.97 Å². The minimum atomic E-state index is -0.444. The van der Waals surface area contributed by atoms with Crippen molar-refractivity contribution >= 4 is 23.2 Å². The molecule has 1 rings (SSSR count). The first-order valence-electron chi connectivity index (χ1n) is 5.93. The Morgan fingerprint density at radius 2 is 2.00 bits per heavy atom. The topological polar surface area (TPSA) is 55.4 Å². The van der Waals surface area contributed by atoms with E-state index in [1.165, 1.54) is 11.3 Å². The zero-order chi connectivity index (χ0) is 13.7. The van der Waals surface area contributed by atoms with Gasteiger partial charge in [-0.25, -0.2) is 4.79 Å². The maximum absolute atomic E-state index is 11.6. The van der Waals surface area contributed by atoms with Gasteiger partial charge in [0.15, 0.2) is 6.61 Å². The molecule has 1 aromatic heterocycles. The fourth-order valence-electron chi connectivity index (χ4n) is 1.21. The van der Waals surface area contributed by atoms with Gasteiger partial charge in [-0.15, -0.1) is 11.3 Å². The highest BCUT2D eigenvalue weighted by molar-refractivity contribution is 7.13. The summed E-state index contributed by atoms with van der Waals surface area (Å²) in [4.78, 5) is 24.7. The van der Waals surface area contributed by atoms with Crippen LogP contribution in [0.2, 0.25) is 0 Å². The van der Waals surface area contributed by atoms with Crippen LogP contribution in [0.1, 0.15) is 35.3 Å². The minimum Gasteiger partial charge on any atom is -0.451 e. The zero-order valence-corrected chi connectivity index (χ0v) is 12.0. The highest BCUT2D eigenvalue weighted by atomic mass is 32.1. The first-order chi connectivity index (χ1) is 8.40. The number of rotatable bonds is 5. The highest BCUT2D eigenvalue weighted by Gasteiger charge is 2.14. The minimum absolute atomic E-state index is 0.0696. The second kappa shape index (κ2) is 6.54. The molecule has 0 saturated carbocycles. The van der Waals surface area contributed by atoms with Crippen LogP contribution in [0.4, 0.5) is 0 Å². The van der Waals surface area contributed by atoms with Gasteiger partial charge in [0, 0.05) is 10.9 Å². The van der Waals surface area contributed by atoms with Gasteiger partial charge < -0.3 is 10.1 Å². The average Bonchev–Trinajstić information content (AvgIpc) is 2.72. The SMILES string of the molecule is Cc1ccc(C(=O)OCC(=O)N[C@H](C)C(C)C)s1. The number of hydrogen-bond acceptors (Lipinski definition) is 4. The quantitative estimate of drug-likeness (QED) is 0.835. The largest absolute Gasteiger partial charge is 0.451 e. The summed E-state index contributed by atoms with van der Waals surface area (Å²) in [5.41, 5.74) is 0. The number of hydrogen-bond donors (Lipinski definition) is 1. The first kappa shape index (κ1) is 14.7. The fraction of sp³-hybridized carbons (Fsp3) is 0.538. The molecule has 0 aromatic carbocycles. The van der Waals surface area contributed by atoms with Crippen molar-refractivity contribution in [2.45, 2.75) is 33.7 Å². The summed E-state index contributed by atoms with van der Waals surface area (Å²) in [6.45, 7) is 7.65. The average molecular weight is 269 g/mol. The lowest BCUT2D eigenvalue weighted by Gasteiger charge is -2.17. The maximum Gasteiger partial charge on any atom is 0.348 e. The van der Waals surface area contributed by atoms with Crippen LogP contribution in [0.3, 0.4) is 0 Å². The van der Waals surface area contributed by atoms with Crippen LogP contribution in [0, 0.1) is 12.8 Å². The number of thiophene rings is 1. The molecule has 1 amide bonds. The van der Waals surface area contributed by atoms with Crippen molar-refractivity contribution in [1.29, 1.82) is 0 Å². The first-order valence-corrected chi connectivity index (χ1v) is 6.74. The summed E-state index contributed by atoms with van der Waals surface area (Å²) >= 11 is 1.36. The third kappa shape index (κ3) is 4.49. The van der Waals surface area contributed by atoms with E-state index < -0.39 is 5.97 Å². The molecule has 0 saturated heterocycles. The van der Waals surface area contributed by atoms with E-state index in [4.69, 9.17) is 4.74 Å². The second-order valence-corrected chi connectivity index (χ2v) is 5.87. The lowest BCUT2D eigenvalue weighted by molar-refractivity contribution is -0.125. The Hall–Kier alpha value is -1.36. The van der Waals surface area contributed by atoms with E-state index >= 15 is 0 Å². The van der Waals surface area contributed by atoms with Gasteiger partial charge in [-0.3, -0.25) is 4.79 Å². The lowest BCUT2D eigenvalue weighted by Crippen LogP contribution is -2.38. The van der Waals surface area contributed by atoms with E-state index in [0.717, 1.165) is 4.88 Å². The van der Waals surface area contributed by atoms with Crippen LogP contribution >= 0.6 is 11.3 Å². The fourth-order valence-corrected chi connectivity index (χ4v) is 1.97. The van der Waals surface area contributed by atoms with Gasteiger partial charge in [-0.1, -0.05) is 13.8 Å². The Balaban J connectivity index is 2.37. The van der Waals surface area contributed by atoms with E-state index in [9.17, 15) is 9.59 Å². The van der Waals surface area contributed by atoms with E-state index in [1.807, 2.05) is 33.8 Å². The molecule has 100 valence electrons. The van der Waals surface area contributed by atoms with Crippen molar-refractivity contribution in [3.63, 3.8) is 0 Å². The molecule has 0 aliphatic carbocycles. The van der Waals surface area contributed by atoms with Crippen molar-refractivity contribution in [3.8, 4) is 0 Å².